The summed E-state index contributed by atoms with van der Waals surface area (Å²) >= 11 is 1.49. The van der Waals surface area contributed by atoms with Crippen LogP contribution in [0.3, 0.4) is 0 Å². The number of thiazole rings is 1. The van der Waals surface area contributed by atoms with Gasteiger partial charge in [-0.05, 0) is 12.1 Å². The Hall–Kier alpha value is -1.22. The number of carbonyl (C=O) groups excluding carboxylic acids is 1. The number of rotatable bonds is 6. The number of β-amino-alcohol motifs (C(OH)–C–C–N with tert-alkyl or cyclic N) is 1. The van der Waals surface area contributed by atoms with Gasteiger partial charge in [0.1, 0.15) is 5.69 Å². The van der Waals surface area contributed by atoms with Crippen molar-refractivity contribution in [1.29, 1.82) is 0 Å². The molecule has 9 heteroatoms. The van der Waals surface area contributed by atoms with E-state index in [-0.39, 0.29) is 30.7 Å². The van der Waals surface area contributed by atoms with Crippen molar-refractivity contribution in [3.8, 4) is 0 Å². The molecule has 1 aliphatic rings. The molecular weight excluding hydrogens is 407 g/mol. The number of aromatic nitrogens is 1. The Bertz CT molecular complexity index is 694. The number of amides is 1. The second kappa shape index (κ2) is 11.6. The Kier molecular flexibility index (Phi) is 10.2. The normalized spacial score (nSPS) is 15.6. The molecule has 1 fully saturated rings. The molecular formula is C18H26Cl2N4O2S. The minimum atomic E-state index is -0.499. The van der Waals surface area contributed by atoms with Crippen LogP contribution in [0.25, 0.3) is 0 Å². The zero-order chi connectivity index (χ0) is 17.6. The number of nitrogens with two attached hydrogens (primary N) is 1. The summed E-state index contributed by atoms with van der Waals surface area (Å²) in [6.45, 7) is 3.96. The van der Waals surface area contributed by atoms with E-state index in [2.05, 4.69) is 9.88 Å². The first kappa shape index (κ1) is 23.8. The highest BCUT2D eigenvalue weighted by molar-refractivity contribution is 7.09. The fraction of sp³-hybridized carbons (Fsp3) is 0.444. The van der Waals surface area contributed by atoms with Gasteiger partial charge in [0.15, 0.2) is 0 Å². The molecule has 1 atom stereocenters. The first-order valence-electron chi connectivity index (χ1n) is 8.56. The minimum absolute atomic E-state index is 0. The maximum absolute atomic E-state index is 12.5. The van der Waals surface area contributed by atoms with E-state index in [1.165, 1.54) is 11.3 Å². The largest absolute Gasteiger partial charge is 0.387 e. The van der Waals surface area contributed by atoms with Crippen molar-refractivity contribution in [3.63, 3.8) is 0 Å². The molecule has 0 bridgehead atoms. The first-order chi connectivity index (χ1) is 12.2. The average molecular weight is 433 g/mol. The summed E-state index contributed by atoms with van der Waals surface area (Å²) in [5.74, 6) is -0.0113. The molecule has 0 saturated carbocycles. The van der Waals surface area contributed by atoms with Gasteiger partial charge >= 0.3 is 0 Å². The number of aliphatic hydroxyl groups is 1. The van der Waals surface area contributed by atoms with Gasteiger partial charge in [0.05, 0.1) is 11.1 Å². The predicted molar refractivity (Wildman–Crippen MR) is 113 cm³/mol. The predicted octanol–water partition coefficient (Wildman–Crippen LogP) is 1.98. The zero-order valence-corrected chi connectivity index (χ0v) is 17.4. The smallest absolute Gasteiger partial charge is 0.273 e. The molecule has 3 rings (SSSR count). The van der Waals surface area contributed by atoms with E-state index in [0.29, 0.717) is 38.3 Å². The highest BCUT2D eigenvalue weighted by atomic mass is 35.5. The zero-order valence-electron chi connectivity index (χ0n) is 15.0. The molecule has 2 aromatic rings. The molecule has 1 amide bonds. The van der Waals surface area contributed by atoms with E-state index in [1.54, 1.807) is 0 Å². The van der Waals surface area contributed by atoms with Crippen LogP contribution in [-0.4, -0.2) is 65.1 Å². The van der Waals surface area contributed by atoms with Crippen molar-refractivity contribution in [2.24, 2.45) is 5.73 Å². The SMILES string of the molecule is Cl.Cl.NCCc1nc(C(=O)N2CCN(CC(O)c3ccccc3)CC2)cs1. The maximum atomic E-state index is 12.5. The van der Waals surface area contributed by atoms with E-state index in [4.69, 9.17) is 5.73 Å². The standard InChI is InChI=1S/C18H24N4O2S.2ClH/c19-7-6-17-20-15(13-25-17)18(24)22-10-8-21(9-11-22)12-16(23)14-4-2-1-3-5-14;;/h1-5,13,16,23H,6-12,19H2;2*1H. The quantitative estimate of drug-likeness (QED) is 0.728. The second-order valence-electron chi connectivity index (χ2n) is 6.18. The van der Waals surface area contributed by atoms with Gasteiger partial charge in [-0.25, -0.2) is 4.98 Å². The molecule has 1 aliphatic heterocycles. The minimum Gasteiger partial charge on any atom is -0.387 e. The maximum Gasteiger partial charge on any atom is 0.273 e. The summed E-state index contributed by atoms with van der Waals surface area (Å²) in [5, 5.41) is 13.1. The molecule has 3 N–H and O–H groups in total. The van der Waals surface area contributed by atoms with Crippen LogP contribution in [0.15, 0.2) is 35.7 Å². The van der Waals surface area contributed by atoms with E-state index in [1.807, 2.05) is 40.6 Å². The van der Waals surface area contributed by atoms with Gasteiger partial charge < -0.3 is 15.7 Å². The molecule has 0 spiro atoms. The van der Waals surface area contributed by atoms with Crippen LogP contribution in [0.5, 0.6) is 0 Å². The molecule has 1 aromatic carbocycles. The fourth-order valence-electron chi connectivity index (χ4n) is 2.97. The van der Waals surface area contributed by atoms with Gasteiger partial charge in [0.2, 0.25) is 0 Å². The van der Waals surface area contributed by atoms with Crippen LogP contribution in [-0.2, 0) is 6.42 Å². The molecule has 150 valence electrons. The Morgan fingerprint density at radius 1 is 1.19 bits per heavy atom. The number of carbonyl (C=O) groups is 1. The number of nitrogens with zero attached hydrogens (tertiary/aromatic N) is 3. The summed E-state index contributed by atoms with van der Waals surface area (Å²) in [6, 6.07) is 9.68. The van der Waals surface area contributed by atoms with Gasteiger partial charge in [-0.2, -0.15) is 0 Å². The van der Waals surface area contributed by atoms with E-state index in [9.17, 15) is 9.90 Å². The van der Waals surface area contributed by atoms with Gasteiger partial charge in [0.25, 0.3) is 5.91 Å². The Morgan fingerprint density at radius 2 is 1.85 bits per heavy atom. The summed E-state index contributed by atoms with van der Waals surface area (Å²) < 4.78 is 0. The number of benzene rings is 1. The van der Waals surface area contributed by atoms with Gasteiger partial charge in [-0.1, -0.05) is 30.3 Å². The number of halogens is 2. The number of hydrogen-bond donors (Lipinski definition) is 2. The number of hydrogen-bond acceptors (Lipinski definition) is 6. The van der Waals surface area contributed by atoms with Crippen LogP contribution in [0, 0.1) is 0 Å². The lowest BCUT2D eigenvalue weighted by molar-refractivity contribution is 0.0523. The summed E-state index contributed by atoms with van der Waals surface area (Å²) in [4.78, 5) is 21.0. The third-order valence-corrected chi connectivity index (χ3v) is 5.31. The first-order valence-corrected chi connectivity index (χ1v) is 9.44. The van der Waals surface area contributed by atoms with Crippen LogP contribution < -0.4 is 5.73 Å². The Balaban J connectivity index is 0.00000182. The van der Waals surface area contributed by atoms with Crippen molar-refractivity contribution >= 4 is 42.1 Å². The molecule has 0 aliphatic carbocycles. The van der Waals surface area contributed by atoms with Crippen molar-refractivity contribution in [3.05, 3.63) is 52.0 Å². The van der Waals surface area contributed by atoms with E-state index >= 15 is 0 Å². The molecule has 0 radical (unpaired) electrons. The van der Waals surface area contributed by atoms with Crippen LogP contribution >= 0.6 is 36.2 Å². The topological polar surface area (TPSA) is 82.7 Å². The van der Waals surface area contributed by atoms with Crippen molar-refractivity contribution in [1.82, 2.24) is 14.8 Å². The van der Waals surface area contributed by atoms with Crippen molar-refractivity contribution in [2.45, 2.75) is 12.5 Å². The lowest BCUT2D eigenvalue weighted by Crippen LogP contribution is -2.49. The summed E-state index contributed by atoms with van der Waals surface area (Å²) in [7, 11) is 0. The number of aliphatic hydroxyl groups excluding tert-OH is 1. The lowest BCUT2D eigenvalue weighted by Gasteiger charge is -2.35. The Labute approximate surface area is 176 Å². The van der Waals surface area contributed by atoms with E-state index < -0.39 is 6.10 Å². The molecule has 6 nitrogen and oxygen atoms in total. The number of piperazine rings is 1. The average Bonchev–Trinajstić information content (AvgIpc) is 3.11. The highest BCUT2D eigenvalue weighted by Gasteiger charge is 2.25. The van der Waals surface area contributed by atoms with Crippen LogP contribution in [0.4, 0.5) is 0 Å². The van der Waals surface area contributed by atoms with Crippen molar-refractivity contribution in [2.75, 3.05) is 39.3 Å². The molecule has 2 heterocycles. The van der Waals surface area contributed by atoms with E-state index in [0.717, 1.165) is 23.7 Å². The lowest BCUT2D eigenvalue weighted by atomic mass is 10.1. The third-order valence-electron chi connectivity index (χ3n) is 4.40. The highest BCUT2D eigenvalue weighted by Crippen LogP contribution is 2.17. The molecule has 1 unspecified atom stereocenters. The van der Waals surface area contributed by atoms with Crippen molar-refractivity contribution < 1.29 is 9.90 Å². The van der Waals surface area contributed by atoms with Crippen LogP contribution in [0.1, 0.15) is 27.2 Å². The van der Waals surface area contributed by atoms with Gasteiger partial charge in [-0.3, -0.25) is 9.69 Å². The van der Waals surface area contributed by atoms with Crippen LogP contribution in [0.2, 0.25) is 0 Å². The molecule has 27 heavy (non-hydrogen) atoms. The van der Waals surface area contributed by atoms with Gasteiger partial charge in [-0.15, -0.1) is 36.2 Å². The summed E-state index contributed by atoms with van der Waals surface area (Å²) in [6.07, 6.45) is 0.212. The second-order valence-corrected chi connectivity index (χ2v) is 7.13. The summed E-state index contributed by atoms with van der Waals surface area (Å²) in [5.41, 5.74) is 6.98. The monoisotopic (exact) mass is 432 g/mol. The molecule has 1 aromatic heterocycles. The molecule has 1 saturated heterocycles. The van der Waals surface area contributed by atoms with Gasteiger partial charge in [0, 0.05) is 44.5 Å². The third kappa shape index (κ3) is 6.41. The fourth-order valence-corrected chi connectivity index (χ4v) is 3.76. The Morgan fingerprint density at radius 3 is 2.48 bits per heavy atom.